The molecule has 0 saturated carbocycles. The highest BCUT2D eigenvalue weighted by Gasteiger charge is 2.48. The van der Waals surface area contributed by atoms with Crippen LogP contribution in [0.2, 0.25) is 0 Å². The molecule has 1 fully saturated rings. The highest BCUT2D eigenvalue weighted by Crippen LogP contribution is 2.41. The zero-order chi connectivity index (χ0) is 10.4. The molecular weight excluding hydrogens is 178 g/mol. The number of ketones is 1. The van der Waals surface area contributed by atoms with E-state index in [-0.39, 0.29) is 11.2 Å². The van der Waals surface area contributed by atoms with Crippen LogP contribution in [0, 0.1) is 0 Å². The summed E-state index contributed by atoms with van der Waals surface area (Å²) in [6.45, 7) is 2.77. The molecule has 0 N–H and O–H groups in total. The predicted octanol–water partition coefficient (Wildman–Crippen LogP) is 0.995. The Balaban J connectivity index is 2.21. The maximum Gasteiger partial charge on any atom is 0.139 e. The lowest BCUT2D eigenvalue weighted by Gasteiger charge is -2.39. The van der Waals surface area contributed by atoms with Gasteiger partial charge in [0, 0.05) is 19.4 Å². The van der Waals surface area contributed by atoms with Crippen LogP contribution in [0.5, 0.6) is 0 Å². The molecule has 2 bridgehead atoms. The zero-order valence-electron chi connectivity index (χ0n) is 9.04. The van der Waals surface area contributed by atoms with Gasteiger partial charge in [-0.15, -0.1) is 0 Å². The average molecular weight is 195 g/mol. The summed E-state index contributed by atoms with van der Waals surface area (Å²) in [6, 6.07) is 0. The Morgan fingerprint density at radius 2 is 2.14 bits per heavy atom. The van der Waals surface area contributed by atoms with Gasteiger partial charge in [-0.05, 0) is 21.0 Å². The minimum absolute atomic E-state index is 0.311. The fourth-order valence-corrected chi connectivity index (χ4v) is 2.51. The molecule has 0 spiro atoms. The van der Waals surface area contributed by atoms with Crippen molar-refractivity contribution in [2.75, 3.05) is 20.6 Å². The van der Waals surface area contributed by atoms with Crippen molar-refractivity contribution >= 4 is 5.78 Å². The van der Waals surface area contributed by atoms with Crippen molar-refractivity contribution in [1.82, 2.24) is 4.90 Å². The molecule has 0 aromatic rings. The van der Waals surface area contributed by atoms with E-state index in [1.165, 1.54) is 0 Å². The fourth-order valence-electron chi connectivity index (χ4n) is 2.51. The molecule has 78 valence electrons. The van der Waals surface area contributed by atoms with Gasteiger partial charge < -0.3 is 9.64 Å². The number of Topliss-reactive ketones (excluding diaryl/α,β-unsaturated/α-hetero) is 1. The van der Waals surface area contributed by atoms with E-state index >= 15 is 0 Å². The van der Waals surface area contributed by atoms with Crippen LogP contribution in [0.15, 0.2) is 12.2 Å². The van der Waals surface area contributed by atoms with Gasteiger partial charge in [-0.25, -0.2) is 0 Å². The van der Waals surface area contributed by atoms with Crippen molar-refractivity contribution in [3.63, 3.8) is 0 Å². The molecule has 2 aliphatic heterocycles. The minimum Gasteiger partial charge on any atom is -0.358 e. The third kappa shape index (κ3) is 1.62. The Hall–Kier alpha value is -0.670. The number of ether oxygens (including phenoxy) is 1. The first-order chi connectivity index (χ1) is 6.43. The summed E-state index contributed by atoms with van der Waals surface area (Å²) in [5, 5.41) is 0. The molecule has 2 atom stereocenters. The molecule has 0 radical (unpaired) electrons. The Morgan fingerprint density at radius 3 is 2.79 bits per heavy atom. The highest BCUT2D eigenvalue weighted by molar-refractivity contribution is 5.83. The summed E-state index contributed by atoms with van der Waals surface area (Å²) < 4.78 is 5.98. The zero-order valence-corrected chi connectivity index (χ0v) is 9.04. The lowest BCUT2D eigenvalue weighted by Crippen LogP contribution is -2.49. The molecule has 2 rings (SSSR count). The standard InChI is InChI=1S/C11H17NO2/c1-10-4-5-11(14-10,8-12(2)3)7-9(13)6-10/h4-5H,6-8H2,1-3H3/t10-,11+/m1/s1. The topological polar surface area (TPSA) is 29.5 Å². The van der Waals surface area contributed by atoms with E-state index in [1.807, 2.05) is 27.1 Å². The molecule has 2 aliphatic rings. The molecule has 0 unspecified atom stereocenters. The van der Waals surface area contributed by atoms with Gasteiger partial charge in [0.1, 0.15) is 11.4 Å². The first kappa shape index (κ1) is 9.87. The molecule has 2 heterocycles. The number of fused-ring (bicyclic) bond motifs is 2. The molecule has 14 heavy (non-hydrogen) atoms. The van der Waals surface area contributed by atoms with Crippen LogP contribution in [-0.2, 0) is 9.53 Å². The minimum atomic E-state index is -0.354. The van der Waals surface area contributed by atoms with Gasteiger partial charge >= 0.3 is 0 Å². The summed E-state index contributed by atoms with van der Waals surface area (Å²) in [5.74, 6) is 0.311. The molecule has 0 aromatic heterocycles. The second-order valence-electron chi connectivity index (χ2n) is 4.94. The molecule has 0 amide bonds. The van der Waals surface area contributed by atoms with Crippen LogP contribution in [0.1, 0.15) is 19.8 Å². The van der Waals surface area contributed by atoms with Crippen LogP contribution < -0.4 is 0 Å². The van der Waals surface area contributed by atoms with Crippen LogP contribution >= 0.6 is 0 Å². The number of likely N-dealkylation sites (N-methyl/N-ethyl adjacent to an activating group) is 1. The third-order valence-corrected chi connectivity index (χ3v) is 2.80. The van der Waals surface area contributed by atoms with E-state index in [0.717, 1.165) is 6.54 Å². The van der Waals surface area contributed by atoms with Crippen LogP contribution in [0.4, 0.5) is 0 Å². The normalized spacial score (nSPS) is 41.0. The predicted molar refractivity (Wildman–Crippen MR) is 54.2 cm³/mol. The Kier molecular flexibility index (Phi) is 2.05. The van der Waals surface area contributed by atoms with Gasteiger partial charge in [0.05, 0.1) is 5.60 Å². The van der Waals surface area contributed by atoms with Gasteiger partial charge in [-0.3, -0.25) is 4.79 Å². The molecule has 0 aromatic carbocycles. The van der Waals surface area contributed by atoms with Crippen molar-refractivity contribution < 1.29 is 9.53 Å². The quantitative estimate of drug-likeness (QED) is 0.615. The van der Waals surface area contributed by atoms with Crippen molar-refractivity contribution in [1.29, 1.82) is 0 Å². The van der Waals surface area contributed by atoms with E-state index < -0.39 is 0 Å². The first-order valence-electron chi connectivity index (χ1n) is 5.00. The van der Waals surface area contributed by atoms with E-state index in [9.17, 15) is 4.79 Å². The number of hydrogen-bond donors (Lipinski definition) is 0. The smallest absolute Gasteiger partial charge is 0.139 e. The summed E-state index contributed by atoms with van der Waals surface area (Å²) in [7, 11) is 4.00. The lowest BCUT2D eigenvalue weighted by molar-refractivity contribution is -0.153. The van der Waals surface area contributed by atoms with E-state index in [4.69, 9.17) is 4.74 Å². The SMILES string of the molecule is CN(C)C[C@]12C=C[C@](C)(CC(=O)C1)O2. The average Bonchev–Trinajstić information content (AvgIpc) is 2.19. The van der Waals surface area contributed by atoms with Crippen LogP contribution in [0.25, 0.3) is 0 Å². The maximum atomic E-state index is 11.6. The largest absolute Gasteiger partial charge is 0.358 e. The highest BCUT2D eigenvalue weighted by atomic mass is 16.5. The molecule has 0 aliphatic carbocycles. The van der Waals surface area contributed by atoms with Crippen molar-refractivity contribution in [3.05, 3.63) is 12.2 Å². The van der Waals surface area contributed by atoms with Crippen LogP contribution in [0.3, 0.4) is 0 Å². The lowest BCUT2D eigenvalue weighted by atomic mass is 9.91. The van der Waals surface area contributed by atoms with Gasteiger partial charge in [0.15, 0.2) is 0 Å². The van der Waals surface area contributed by atoms with Crippen molar-refractivity contribution in [3.8, 4) is 0 Å². The summed E-state index contributed by atoms with van der Waals surface area (Å²) in [4.78, 5) is 13.6. The number of carbonyl (C=O) groups is 1. The second kappa shape index (κ2) is 2.91. The summed E-state index contributed by atoms with van der Waals surface area (Å²) in [6.07, 6.45) is 5.16. The van der Waals surface area contributed by atoms with Gasteiger partial charge in [-0.2, -0.15) is 0 Å². The van der Waals surface area contributed by atoms with Crippen molar-refractivity contribution in [2.24, 2.45) is 0 Å². The molecule has 1 saturated heterocycles. The Bertz CT molecular complexity index is 298. The van der Waals surface area contributed by atoms with Gasteiger partial charge in [-0.1, -0.05) is 12.2 Å². The second-order valence-corrected chi connectivity index (χ2v) is 4.94. The molecule has 3 nitrogen and oxygen atoms in total. The van der Waals surface area contributed by atoms with E-state index in [1.54, 1.807) is 0 Å². The monoisotopic (exact) mass is 195 g/mol. The molecule has 3 heteroatoms. The fraction of sp³-hybridized carbons (Fsp3) is 0.727. The van der Waals surface area contributed by atoms with Gasteiger partial charge in [0.2, 0.25) is 0 Å². The summed E-state index contributed by atoms with van der Waals surface area (Å²) in [5.41, 5.74) is -0.696. The number of carbonyl (C=O) groups excluding carboxylic acids is 1. The van der Waals surface area contributed by atoms with Crippen LogP contribution in [-0.4, -0.2) is 42.5 Å². The Morgan fingerprint density at radius 1 is 1.43 bits per heavy atom. The third-order valence-electron chi connectivity index (χ3n) is 2.80. The number of hydrogen-bond acceptors (Lipinski definition) is 3. The Labute approximate surface area is 84.7 Å². The van der Waals surface area contributed by atoms with E-state index in [2.05, 4.69) is 11.0 Å². The maximum absolute atomic E-state index is 11.6. The molecular formula is C11H17NO2. The van der Waals surface area contributed by atoms with Gasteiger partial charge in [0.25, 0.3) is 0 Å². The number of rotatable bonds is 2. The van der Waals surface area contributed by atoms with E-state index in [0.29, 0.717) is 18.6 Å². The summed E-state index contributed by atoms with van der Waals surface area (Å²) >= 11 is 0. The van der Waals surface area contributed by atoms with Crippen molar-refractivity contribution in [2.45, 2.75) is 31.0 Å². The first-order valence-corrected chi connectivity index (χ1v) is 5.00. The number of nitrogens with zero attached hydrogens (tertiary/aromatic N) is 1.